The summed E-state index contributed by atoms with van der Waals surface area (Å²) in [6.45, 7) is 2.88. The molecule has 0 radical (unpaired) electrons. The van der Waals surface area contributed by atoms with Gasteiger partial charge in [-0.05, 0) is 38.0 Å². The minimum Gasteiger partial charge on any atom is -0.394 e. The van der Waals surface area contributed by atoms with Crippen molar-refractivity contribution in [3.8, 4) is 0 Å². The summed E-state index contributed by atoms with van der Waals surface area (Å²) >= 11 is 0. The van der Waals surface area contributed by atoms with Crippen molar-refractivity contribution in [3.05, 3.63) is 0 Å². The molecule has 0 spiro atoms. The molecule has 1 saturated carbocycles. The molecule has 0 atom stereocenters. The fourth-order valence-electron chi connectivity index (χ4n) is 2.37. The van der Waals surface area contributed by atoms with E-state index in [-0.39, 0.29) is 18.1 Å². The van der Waals surface area contributed by atoms with Crippen LogP contribution in [-0.4, -0.2) is 36.9 Å². The van der Waals surface area contributed by atoms with Crippen molar-refractivity contribution in [1.29, 1.82) is 0 Å². The lowest BCUT2D eigenvalue weighted by Gasteiger charge is -2.38. The lowest BCUT2D eigenvalue weighted by molar-refractivity contribution is -0.124. The van der Waals surface area contributed by atoms with Crippen molar-refractivity contribution in [2.45, 2.75) is 51.0 Å². The summed E-state index contributed by atoms with van der Waals surface area (Å²) in [4.78, 5) is 11.8. The molecular formula is C13H25NO3. The van der Waals surface area contributed by atoms with Crippen LogP contribution in [0.5, 0.6) is 0 Å². The van der Waals surface area contributed by atoms with Gasteiger partial charge in [-0.1, -0.05) is 6.92 Å². The van der Waals surface area contributed by atoms with Crippen molar-refractivity contribution in [2.24, 2.45) is 5.92 Å². The molecule has 0 aromatic heterocycles. The Balaban J connectivity index is 2.37. The Labute approximate surface area is 104 Å². The van der Waals surface area contributed by atoms with E-state index in [1.165, 1.54) is 0 Å². The van der Waals surface area contributed by atoms with Gasteiger partial charge in [-0.3, -0.25) is 4.79 Å². The van der Waals surface area contributed by atoms with E-state index in [1.807, 2.05) is 0 Å². The normalized spacial score (nSPS) is 29.0. The Kier molecular flexibility index (Phi) is 5.92. The first-order chi connectivity index (χ1) is 8.12. The predicted octanol–water partition coefficient (Wildman–Crippen LogP) is 1.47. The van der Waals surface area contributed by atoms with E-state index in [0.717, 1.165) is 32.1 Å². The number of carbonyl (C=O) groups is 1. The van der Waals surface area contributed by atoms with Crippen molar-refractivity contribution < 1.29 is 14.6 Å². The molecule has 17 heavy (non-hydrogen) atoms. The van der Waals surface area contributed by atoms with Crippen LogP contribution in [0.25, 0.3) is 0 Å². The predicted molar refractivity (Wildman–Crippen MR) is 66.7 cm³/mol. The van der Waals surface area contributed by atoms with E-state index < -0.39 is 0 Å². The Morgan fingerprint density at radius 1 is 1.47 bits per heavy atom. The highest BCUT2D eigenvalue weighted by atomic mass is 16.5. The molecule has 100 valence electrons. The van der Waals surface area contributed by atoms with Crippen LogP contribution in [0.2, 0.25) is 0 Å². The second-order valence-electron chi connectivity index (χ2n) is 5.27. The lowest BCUT2D eigenvalue weighted by Crippen LogP contribution is -2.53. The molecule has 1 rings (SSSR count). The maximum Gasteiger partial charge on any atom is 0.220 e. The van der Waals surface area contributed by atoms with Gasteiger partial charge in [-0.15, -0.1) is 0 Å². The number of aliphatic hydroxyl groups is 1. The Morgan fingerprint density at radius 2 is 2.12 bits per heavy atom. The summed E-state index contributed by atoms with van der Waals surface area (Å²) < 4.78 is 4.92. The molecule has 1 aliphatic carbocycles. The van der Waals surface area contributed by atoms with Crippen molar-refractivity contribution in [3.63, 3.8) is 0 Å². The number of aliphatic hydroxyl groups excluding tert-OH is 1. The zero-order chi connectivity index (χ0) is 12.7. The van der Waals surface area contributed by atoms with Gasteiger partial charge in [0.1, 0.15) is 0 Å². The zero-order valence-corrected chi connectivity index (χ0v) is 11.0. The van der Waals surface area contributed by atoms with E-state index in [0.29, 0.717) is 18.9 Å². The second kappa shape index (κ2) is 6.97. The van der Waals surface area contributed by atoms with Crippen LogP contribution in [0.4, 0.5) is 0 Å². The third-order valence-electron chi connectivity index (χ3n) is 3.69. The maximum atomic E-state index is 11.8. The zero-order valence-electron chi connectivity index (χ0n) is 11.0. The molecule has 1 fully saturated rings. The summed E-state index contributed by atoms with van der Waals surface area (Å²) in [6.07, 6.45) is 5.16. The SMILES string of the molecule is COCCCC(=O)NC1(CO)CCC(C)CC1. The van der Waals surface area contributed by atoms with Crippen LogP contribution < -0.4 is 5.32 Å². The van der Waals surface area contributed by atoms with Crippen LogP contribution in [0.1, 0.15) is 45.4 Å². The Bertz CT molecular complexity index is 235. The molecule has 1 amide bonds. The van der Waals surface area contributed by atoms with Gasteiger partial charge in [0.15, 0.2) is 0 Å². The first-order valence-corrected chi connectivity index (χ1v) is 6.53. The van der Waals surface area contributed by atoms with Crippen LogP contribution in [-0.2, 0) is 9.53 Å². The van der Waals surface area contributed by atoms with Crippen molar-refractivity contribution in [1.82, 2.24) is 5.32 Å². The summed E-state index contributed by atoms with van der Waals surface area (Å²) in [7, 11) is 1.63. The molecule has 2 N–H and O–H groups in total. The number of methoxy groups -OCH3 is 1. The Hall–Kier alpha value is -0.610. The first-order valence-electron chi connectivity index (χ1n) is 6.53. The smallest absolute Gasteiger partial charge is 0.220 e. The van der Waals surface area contributed by atoms with Crippen LogP contribution in [0.15, 0.2) is 0 Å². The number of nitrogens with one attached hydrogen (secondary N) is 1. The number of amides is 1. The summed E-state index contributed by atoms with van der Waals surface area (Å²) in [6, 6.07) is 0. The summed E-state index contributed by atoms with van der Waals surface area (Å²) in [5.74, 6) is 0.741. The van der Waals surface area contributed by atoms with Gasteiger partial charge in [-0.2, -0.15) is 0 Å². The number of carbonyl (C=O) groups excluding carboxylic acids is 1. The van der Waals surface area contributed by atoms with E-state index >= 15 is 0 Å². The van der Waals surface area contributed by atoms with E-state index in [9.17, 15) is 9.90 Å². The first kappa shape index (κ1) is 14.5. The molecule has 0 aromatic carbocycles. The number of hydrogen-bond acceptors (Lipinski definition) is 3. The molecule has 0 heterocycles. The molecule has 0 aliphatic heterocycles. The molecule has 0 saturated heterocycles. The van der Waals surface area contributed by atoms with Gasteiger partial charge in [0.05, 0.1) is 12.1 Å². The minimum atomic E-state index is -0.364. The molecule has 1 aliphatic rings. The van der Waals surface area contributed by atoms with E-state index in [1.54, 1.807) is 7.11 Å². The molecule has 4 nitrogen and oxygen atoms in total. The number of hydrogen-bond donors (Lipinski definition) is 2. The monoisotopic (exact) mass is 243 g/mol. The van der Waals surface area contributed by atoms with E-state index in [4.69, 9.17) is 4.74 Å². The average molecular weight is 243 g/mol. The summed E-state index contributed by atoms with van der Waals surface area (Å²) in [5.41, 5.74) is -0.364. The standard InChI is InChI=1S/C13H25NO3/c1-11-5-7-13(10-15,8-6-11)14-12(16)4-3-9-17-2/h11,15H,3-10H2,1-2H3,(H,14,16). The lowest BCUT2D eigenvalue weighted by atomic mass is 9.77. The highest BCUT2D eigenvalue weighted by Gasteiger charge is 2.34. The number of ether oxygens (including phenoxy) is 1. The minimum absolute atomic E-state index is 0.0330. The third-order valence-corrected chi connectivity index (χ3v) is 3.69. The van der Waals surface area contributed by atoms with Crippen LogP contribution >= 0.6 is 0 Å². The van der Waals surface area contributed by atoms with Gasteiger partial charge >= 0.3 is 0 Å². The van der Waals surface area contributed by atoms with Crippen molar-refractivity contribution >= 4 is 5.91 Å². The van der Waals surface area contributed by atoms with Gasteiger partial charge in [0, 0.05) is 20.1 Å². The topological polar surface area (TPSA) is 58.6 Å². The van der Waals surface area contributed by atoms with Crippen LogP contribution in [0, 0.1) is 5.92 Å². The van der Waals surface area contributed by atoms with Gasteiger partial charge in [-0.25, -0.2) is 0 Å². The largest absolute Gasteiger partial charge is 0.394 e. The third kappa shape index (κ3) is 4.64. The molecule has 4 heteroatoms. The maximum absolute atomic E-state index is 11.8. The number of rotatable bonds is 6. The van der Waals surface area contributed by atoms with E-state index in [2.05, 4.69) is 12.2 Å². The van der Waals surface area contributed by atoms with Crippen LogP contribution in [0.3, 0.4) is 0 Å². The average Bonchev–Trinajstić information content (AvgIpc) is 2.33. The van der Waals surface area contributed by atoms with Gasteiger partial charge in [0.2, 0.25) is 5.91 Å². The fourth-order valence-corrected chi connectivity index (χ4v) is 2.37. The van der Waals surface area contributed by atoms with Gasteiger partial charge in [0.25, 0.3) is 0 Å². The van der Waals surface area contributed by atoms with Crippen molar-refractivity contribution in [2.75, 3.05) is 20.3 Å². The highest BCUT2D eigenvalue weighted by molar-refractivity contribution is 5.76. The molecule has 0 unspecified atom stereocenters. The highest BCUT2D eigenvalue weighted by Crippen LogP contribution is 2.31. The quantitative estimate of drug-likeness (QED) is 0.695. The Morgan fingerprint density at radius 3 is 2.65 bits per heavy atom. The van der Waals surface area contributed by atoms with Gasteiger partial charge < -0.3 is 15.2 Å². The summed E-state index contributed by atoms with van der Waals surface area (Å²) in [5, 5.41) is 12.5. The molecule has 0 bridgehead atoms. The second-order valence-corrected chi connectivity index (χ2v) is 5.27. The molecule has 0 aromatic rings. The molecular weight excluding hydrogens is 218 g/mol. The fraction of sp³-hybridized carbons (Fsp3) is 0.923.